The fraction of sp³-hybridized carbons (Fsp3) is 0.350. The minimum atomic E-state index is -3.75. The number of aryl methyl sites for hydroxylation is 1. The van der Waals surface area contributed by atoms with E-state index in [4.69, 9.17) is 23.2 Å². The minimum Gasteiger partial charge on any atom is -0.322 e. The van der Waals surface area contributed by atoms with Crippen LogP contribution in [-0.4, -0.2) is 31.7 Å². The van der Waals surface area contributed by atoms with E-state index < -0.39 is 15.9 Å². The van der Waals surface area contributed by atoms with Crippen LogP contribution in [0, 0.1) is 6.92 Å². The Morgan fingerprint density at radius 2 is 1.68 bits per heavy atom. The molecule has 1 amide bonds. The second kappa shape index (κ2) is 8.82. The molecule has 28 heavy (non-hydrogen) atoms. The molecule has 1 aliphatic rings. The molecule has 3 rings (SSSR count). The maximum absolute atomic E-state index is 13.1. The third kappa shape index (κ3) is 4.69. The van der Waals surface area contributed by atoms with Crippen molar-refractivity contribution in [2.24, 2.45) is 0 Å². The summed E-state index contributed by atoms with van der Waals surface area (Å²) in [5.41, 5.74) is 1.65. The third-order valence-corrected chi connectivity index (χ3v) is 7.43. The molecule has 5 nitrogen and oxygen atoms in total. The number of hydrogen-bond acceptors (Lipinski definition) is 3. The number of halogens is 2. The smallest absolute Gasteiger partial charge is 0.255 e. The van der Waals surface area contributed by atoms with Crippen molar-refractivity contribution in [2.75, 3.05) is 18.4 Å². The molecule has 0 aliphatic carbocycles. The molecule has 0 unspecified atom stereocenters. The van der Waals surface area contributed by atoms with Gasteiger partial charge in [0.05, 0.1) is 5.02 Å². The Labute approximate surface area is 175 Å². The lowest BCUT2D eigenvalue weighted by molar-refractivity contribution is 0.102. The third-order valence-electron chi connectivity index (χ3n) is 4.81. The van der Waals surface area contributed by atoms with Gasteiger partial charge in [-0.05, 0) is 61.7 Å². The lowest BCUT2D eigenvalue weighted by atomic mass is 10.1. The minimum absolute atomic E-state index is 0.0310. The number of anilines is 1. The van der Waals surface area contributed by atoms with Gasteiger partial charge in [-0.3, -0.25) is 4.79 Å². The van der Waals surface area contributed by atoms with Crippen LogP contribution in [-0.2, 0) is 10.0 Å². The lowest BCUT2D eigenvalue weighted by Gasteiger charge is -2.21. The summed E-state index contributed by atoms with van der Waals surface area (Å²) < 4.78 is 27.6. The molecular formula is C20H22Cl2N2O3S. The van der Waals surface area contributed by atoms with Crippen molar-refractivity contribution in [1.29, 1.82) is 0 Å². The molecule has 8 heteroatoms. The maximum Gasteiger partial charge on any atom is 0.255 e. The topological polar surface area (TPSA) is 66.5 Å². The monoisotopic (exact) mass is 440 g/mol. The Morgan fingerprint density at radius 1 is 1.00 bits per heavy atom. The fourth-order valence-corrected chi connectivity index (χ4v) is 5.47. The highest BCUT2D eigenvalue weighted by Crippen LogP contribution is 2.28. The van der Waals surface area contributed by atoms with Crippen molar-refractivity contribution >= 4 is 44.8 Å². The molecule has 1 fully saturated rings. The molecule has 1 N–H and O–H groups in total. The zero-order chi connectivity index (χ0) is 20.3. The van der Waals surface area contributed by atoms with Crippen LogP contribution in [0.1, 0.15) is 41.6 Å². The van der Waals surface area contributed by atoms with E-state index in [0.29, 0.717) is 23.8 Å². The number of nitrogens with one attached hydrogen (secondary N) is 1. The summed E-state index contributed by atoms with van der Waals surface area (Å²) in [6.45, 7) is 2.77. The molecule has 0 aromatic heterocycles. The number of sulfonamides is 1. The van der Waals surface area contributed by atoms with Gasteiger partial charge in [-0.2, -0.15) is 4.31 Å². The number of carbonyl (C=O) groups excluding carboxylic acids is 1. The largest absolute Gasteiger partial charge is 0.322 e. The summed E-state index contributed by atoms with van der Waals surface area (Å²) in [6, 6.07) is 9.46. The average molecular weight is 441 g/mol. The molecule has 150 valence electrons. The molecular weight excluding hydrogens is 419 g/mol. The zero-order valence-corrected chi connectivity index (χ0v) is 17.9. The lowest BCUT2D eigenvalue weighted by Crippen LogP contribution is -2.32. The Kier molecular flexibility index (Phi) is 6.65. The van der Waals surface area contributed by atoms with E-state index in [0.717, 1.165) is 31.2 Å². The van der Waals surface area contributed by atoms with Crippen LogP contribution in [0.25, 0.3) is 0 Å². The van der Waals surface area contributed by atoms with E-state index in [-0.39, 0.29) is 15.5 Å². The first-order chi connectivity index (χ1) is 13.3. The summed E-state index contributed by atoms with van der Waals surface area (Å²) in [6.07, 6.45) is 3.69. The summed E-state index contributed by atoms with van der Waals surface area (Å²) in [5.74, 6) is -0.408. The highest BCUT2D eigenvalue weighted by atomic mass is 35.5. The van der Waals surface area contributed by atoms with Crippen LogP contribution in [0.3, 0.4) is 0 Å². The van der Waals surface area contributed by atoms with E-state index in [1.807, 2.05) is 6.92 Å². The Bertz CT molecular complexity index is 985. The number of amides is 1. The van der Waals surface area contributed by atoms with E-state index in [1.165, 1.54) is 22.5 Å². The standard InChI is InChI=1S/C20H22Cl2N2O3S/c1-14-12-16(21)7-9-18(14)23-20(25)15-6-8-17(22)19(13-15)28(26,27)24-10-4-2-3-5-11-24/h6-9,12-13H,2-5,10-11H2,1H3,(H,23,25). The SMILES string of the molecule is Cc1cc(Cl)ccc1NC(=O)c1ccc(Cl)c(S(=O)(=O)N2CCCCCC2)c1. The number of rotatable bonds is 4. The Balaban J connectivity index is 1.89. The second-order valence-electron chi connectivity index (χ2n) is 6.88. The van der Waals surface area contributed by atoms with Crippen LogP contribution in [0.15, 0.2) is 41.3 Å². The zero-order valence-electron chi connectivity index (χ0n) is 15.5. The van der Waals surface area contributed by atoms with Gasteiger partial charge in [-0.25, -0.2) is 8.42 Å². The van der Waals surface area contributed by atoms with Crippen LogP contribution >= 0.6 is 23.2 Å². The van der Waals surface area contributed by atoms with Gasteiger partial charge < -0.3 is 5.32 Å². The molecule has 1 heterocycles. The number of carbonyl (C=O) groups is 1. The summed E-state index contributed by atoms with van der Waals surface area (Å²) in [4.78, 5) is 12.6. The van der Waals surface area contributed by atoms with Crippen LogP contribution in [0.4, 0.5) is 5.69 Å². The average Bonchev–Trinajstić information content (AvgIpc) is 2.94. The highest BCUT2D eigenvalue weighted by molar-refractivity contribution is 7.89. The first-order valence-corrected chi connectivity index (χ1v) is 11.4. The van der Waals surface area contributed by atoms with Crippen molar-refractivity contribution in [2.45, 2.75) is 37.5 Å². The number of nitrogens with zero attached hydrogens (tertiary/aromatic N) is 1. The predicted octanol–water partition coefficient (Wildman–Crippen LogP) is 5.12. The Hall–Kier alpha value is -1.60. The van der Waals surface area contributed by atoms with Gasteiger partial charge in [-0.1, -0.05) is 36.0 Å². The van der Waals surface area contributed by atoms with Gasteiger partial charge >= 0.3 is 0 Å². The summed E-state index contributed by atoms with van der Waals surface area (Å²) in [5, 5.41) is 3.48. The predicted molar refractivity (Wildman–Crippen MR) is 113 cm³/mol. The van der Waals surface area contributed by atoms with Gasteiger partial charge in [0.25, 0.3) is 5.91 Å². The van der Waals surface area contributed by atoms with Crippen LogP contribution in [0.2, 0.25) is 10.0 Å². The fourth-order valence-electron chi connectivity index (χ4n) is 3.23. The molecule has 2 aromatic carbocycles. The molecule has 0 spiro atoms. The summed E-state index contributed by atoms with van der Waals surface area (Å²) >= 11 is 12.1. The number of hydrogen-bond donors (Lipinski definition) is 1. The quantitative estimate of drug-likeness (QED) is 0.716. The maximum atomic E-state index is 13.1. The van der Waals surface area contributed by atoms with Crippen LogP contribution in [0.5, 0.6) is 0 Å². The van der Waals surface area contributed by atoms with Crippen molar-refractivity contribution in [3.8, 4) is 0 Å². The number of benzene rings is 2. The first kappa shape index (κ1) is 21.1. The van der Waals surface area contributed by atoms with E-state index in [9.17, 15) is 13.2 Å². The van der Waals surface area contributed by atoms with Crippen LogP contribution < -0.4 is 5.32 Å². The highest BCUT2D eigenvalue weighted by Gasteiger charge is 2.28. The molecule has 0 saturated carbocycles. The van der Waals surface area contributed by atoms with Crippen molar-refractivity contribution in [1.82, 2.24) is 4.31 Å². The van der Waals surface area contributed by atoms with E-state index in [2.05, 4.69) is 5.32 Å². The van der Waals surface area contributed by atoms with Gasteiger partial charge in [-0.15, -0.1) is 0 Å². The molecule has 0 atom stereocenters. The molecule has 0 radical (unpaired) electrons. The van der Waals surface area contributed by atoms with Crippen molar-refractivity contribution in [3.05, 3.63) is 57.6 Å². The first-order valence-electron chi connectivity index (χ1n) is 9.16. The van der Waals surface area contributed by atoms with Gasteiger partial charge in [0.1, 0.15) is 4.90 Å². The van der Waals surface area contributed by atoms with E-state index in [1.54, 1.807) is 18.2 Å². The molecule has 0 bridgehead atoms. The van der Waals surface area contributed by atoms with Gasteiger partial charge in [0, 0.05) is 29.4 Å². The molecule has 2 aromatic rings. The van der Waals surface area contributed by atoms with Gasteiger partial charge in [0.2, 0.25) is 10.0 Å². The van der Waals surface area contributed by atoms with E-state index >= 15 is 0 Å². The van der Waals surface area contributed by atoms with Crippen molar-refractivity contribution in [3.63, 3.8) is 0 Å². The Morgan fingerprint density at radius 3 is 2.32 bits per heavy atom. The summed E-state index contributed by atoms with van der Waals surface area (Å²) in [7, 11) is -3.75. The molecule has 1 saturated heterocycles. The normalized spacial score (nSPS) is 15.8. The van der Waals surface area contributed by atoms with Crippen molar-refractivity contribution < 1.29 is 13.2 Å². The molecule has 1 aliphatic heterocycles. The second-order valence-corrected chi connectivity index (χ2v) is 9.63. The van der Waals surface area contributed by atoms with Gasteiger partial charge in [0.15, 0.2) is 0 Å².